The third-order valence-electron chi connectivity index (χ3n) is 4.19. The van der Waals surface area contributed by atoms with Gasteiger partial charge in [0.2, 0.25) is 5.91 Å². The summed E-state index contributed by atoms with van der Waals surface area (Å²) in [6, 6.07) is 12.2. The van der Waals surface area contributed by atoms with Crippen molar-refractivity contribution in [2.24, 2.45) is 5.92 Å². The number of carbonyl (C=O) groups excluding carboxylic acids is 3. The summed E-state index contributed by atoms with van der Waals surface area (Å²) in [5.41, 5.74) is 1.19. The Labute approximate surface area is 175 Å². The molecule has 0 aliphatic rings. The molecule has 0 radical (unpaired) electrons. The molecule has 2 rings (SSSR count). The minimum atomic E-state index is -0.773. The van der Waals surface area contributed by atoms with E-state index in [2.05, 4.69) is 10.6 Å². The number of amides is 2. The first-order valence-corrected chi connectivity index (χ1v) is 9.40. The molecule has 2 amide bonds. The van der Waals surface area contributed by atoms with E-state index in [-0.39, 0.29) is 23.1 Å². The van der Waals surface area contributed by atoms with Gasteiger partial charge in [0.1, 0.15) is 0 Å². The monoisotopic (exact) mass is 414 g/mol. The molecule has 0 saturated carbocycles. The highest BCUT2D eigenvalue weighted by atomic mass is 16.5. The summed E-state index contributed by atoms with van der Waals surface area (Å²) in [5.74, 6) is -1.16. The average Bonchev–Trinajstić information content (AvgIpc) is 2.76. The Morgan fingerprint density at radius 1 is 0.967 bits per heavy atom. The zero-order valence-corrected chi connectivity index (χ0v) is 17.5. The third-order valence-corrected chi connectivity index (χ3v) is 4.19. The van der Waals surface area contributed by atoms with Gasteiger partial charge in [-0.1, -0.05) is 44.2 Å². The SMILES string of the molecule is COc1cc(NC(=O)C(C)C)c(C(=O)OCC(=O)NCc2ccccc2)cc1OC. The van der Waals surface area contributed by atoms with Crippen molar-refractivity contribution in [1.29, 1.82) is 0 Å². The van der Waals surface area contributed by atoms with Crippen LogP contribution in [0.1, 0.15) is 29.8 Å². The lowest BCUT2D eigenvalue weighted by atomic mass is 10.1. The second kappa shape index (κ2) is 10.8. The topological polar surface area (TPSA) is 103 Å². The van der Waals surface area contributed by atoms with Gasteiger partial charge in [-0.15, -0.1) is 0 Å². The molecule has 30 heavy (non-hydrogen) atoms. The summed E-state index contributed by atoms with van der Waals surface area (Å²) >= 11 is 0. The van der Waals surface area contributed by atoms with Crippen LogP contribution >= 0.6 is 0 Å². The highest BCUT2D eigenvalue weighted by molar-refractivity contribution is 6.03. The van der Waals surface area contributed by atoms with E-state index in [1.54, 1.807) is 13.8 Å². The van der Waals surface area contributed by atoms with E-state index in [1.165, 1.54) is 26.4 Å². The Bertz CT molecular complexity index is 896. The van der Waals surface area contributed by atoms with Crippen LogP contribution in [-0.2, 0) is 20.9 Å². The molecule has 0 unspecified atom stereocenters. The maximum absolute atomic E-state index is 12.6. The molecule has 2 aromatic rings. The summed E-state index contributed by atoms with van der Waals surface area (Å²) in [4.78, 5) is 36.8. The van der Waals surface area contributed by atoms with Crippen LogP contribution in [0, 0.1) is 5.92 Å². The summed E-state index contributed by atoms with van der Waals surface area (Å²) < 4.78 is 15.6. The van der Waals surface area contributed by atoms with Crippen molar-refractivity contribution < 1.29 is 28.6 Å². The first-order chi connectivity index (χ1) is 14.3. The molecule has 0 aliphatic carbocycles. The molecule has 0 aromatic heterocycles. The van der Waals surface area contributed by atoms with Gasteiger partial charge in [-0.3, -0.25) is 9.59 Å². The quantitative estimate of drug-likeness (QED) is 0.612. The smallest absolute Gasteiger partial charge is 0.340 e. The predicted molar refractivity (Wildman–Crippen MR) is 112 cm³/mol. The fourth-order valence-corrected chi connectivity index (χ4v) is 2.48. The second-order valence-electron chi connectivity index (χ2n) is 6.74. The molecule has 0 atom stereocenters. The van der Waals surface area contributed by atoms with Crippen molar-refractivity contribution in [2.45, 2.75) is 20.4 Å². The lowest BCUT2D eigenvalue weighted by Gasteiger charge is -2.16. The standard InChI is InChI=1S/C22H26N2O6/c1-14(2)21(26)24-17-11-19(29-4)18(28-3)10-16(17)22(27)30-13-20(25)23-12-15-8-6-5-7-9-15/h5-11,14H,12-13H2,1-4H3,(H,23,25)(H,24,26). The molecule has 0 fully saturated rings. The molecule has 0 heterocycles. The van der Waals surface area contributed by atoms with Gasteiger partial charge in [-0.25, -0.2) is 4.79 Å². The molecule has 0 bridgehead atoms. The van der Waals surface area contributed by atoms with E-state index in [1.807, 2.05) is 30.3 Å². The van der Waals surface area contributed by atoms with Crippen molar-refractivity contribution in [1.82, 2.24) is 5.32 Å². The van der Waals surface area contributed by atoms with Crippen molar-refractivity contribution in [3.8, 4) is 11.5 Å². The summed E-state index contributed by atoms with van der Waals surface area (Å²) in [6.07, 6.45) is 0. The van der Waals surface area contributed by atoms with Crippen LogP contribution in [-0.4, -0.2) is 38.6 Å². The largest absolute Gasteiger partial charge is 0.493 e. The Kier molecular flexibility index (Phi) is 8.22. The Morgan fingerprint density at radius 2 is 1.60 bits per heavy atom. The van der Waals surface area contributed by atoms with E-state index in [9.17, 15) is 14.4 Å². The van der Waals surface area contributed by atoms with Crippen molar-refractivity contribution in [3.05, 3.63) is 53.6 Å². The second-order valence-corrected chi connectivity index (χ2v) is 6.74. The molecule has 8 heteroatoms. The van der Waals surface area contributed by atoms with Gasteiger partial charge < -0.3 is 24.8 Å². The van der Waals surface area contributed by atoms with Gasteiger partial charge in [-0.2, -0.15) is 0 Å². The summed E-state index contributed by atoms with van der Waals surface area (Å²) in [7, 11) is 2.87. The number of benzene rings is 2. The maximum atomic E-state index is 12.6. The third kappa shape index (κ3) is 6.23. The number of anilines is 1. The fourth-order valence-electron chi connectivity index (χ4n) is 2.48. The minimum absolute atomic E-state index is 0.0532. The first kappa shape index (κ1) is 22.7. The molecule has 0 aliphatic heterocycles. The zero-order chi connectivity index (χ0) is 22.1. The molecular formula is C22H26N2O6. The number of nitrogens with one attached hydrogen (secondary N) is 2. The zero-order valence-electron chi connectivity index (χ0n) is 17.5. The van der Waals surface area contributed by atoms with Gasteiger partial charge in [-0.05, 0) is 5.56 Å². The highest BCUT2D eigenvalue weighted by Gasteiger charge is 2.21. The molecule has 2 N–H and O–H groups in total. The summed E-state index contributed by atoms with van der Waals surface area (Å²) in [6.45, 7) is 3.32. The maximum Gasteiger partial charge on any atom is 0.340 e. The van der Waals surface area contributed by atoms with E-state index in [0.717, 1.165) is 5.56 Å². The van der Waals surface area contributed by atoms with Crippen LogP contribution in [0.4, 0.5) is 5.69 Å². The van der Waals surface area contributed by atoms with Crippen LogP contribution in [0.5, 0.6) is 11.5 Å². The number of rotatable bonds is 9. The molecule has 2 aromatic carbocycles. The highest BCUT2D eigenvalue weighted by Crippen LogP contribution is 2.34. The molecular weight excluding hydrogens is 388 g/mol. The van der Waals surface area contributed by atoms with Crippen molar-refractivity contribution in [3.63, 3.8) is 0 Å². The number of hydrogen-bond acceptors (Lipinski definition) is 6. The Balaban J connectivity index is 2.10. The fraction of sp³-hybridized carbons (Fsp3) is 0.318. The number of hydrogen-bond donors (Lipinski definition) is 2. The van der Waals surface area contributed by atoms with Crippen LogP contribution in [0.25, 0.3) is 0 Å². The van der Waals surface area contributed by atoms with Gasteiger partial charge in [0, 0.05) is 24.6 Å². The van der Waals surface area contributed by atoms with E-state index >= 15 is 0 Å². The Morgan fingerprint density at radius 3 is 2.20 bits per heavy atom. The number of ether oxygens (including phenoxy) is 3. The molecule has 0 saturated heterocycles. The van der Waals surface area contributed by atoms with Crippen molar-refractivity contribution in [2.75, 3.05) is 26.1 Å². The van der Waals surface area contributed by atoms with Gasteiger partial charge in [0.15, 0.2) is 18.1 Å². The Hall–Kier alpha value is -3.55. The van der Waals surface area contributed by atoms with Crippen molar-refractivity contribution >= 4 is 23.5 Å². The summed E-state index contributed by atoms with van der Waals surface area (Å²) in [5, 5.41) is 5.35. The lowest BCUT2D eigenvalue weighted by Crippen LogP contribution is -2.28. The molecule has 160 valence electrons. The van der Waals surface area contributed by atoms with E-state index in [0.29, 0.717) is 18.0 Å². The number of carbonyl (C=O) groups is 3. The van der Waals surface area contributed by atoms with Gasteiger partial charge in [0.05, 0.1) is 25.5 Å². The van der Waals surface area contributed by atoms with Crippen LogP contribution < -0.4 is 20.1 Å². The minimum Gasteiger partial charge on any atom is -0.493 e. The number of methoxy groups -OCH3 is 2. The first-order valence-electron chi connectivity index (χ1n) is 9.40. The molecule has 0 spiro atoms. The van der Waals surface area contributed by atoms with Crippen LogP contribution in [0.15, 0.2) is 42.5 Å². The van der Waals surface area contributed by atoms with Crippen LogP contribution in [0.3, 0.4) is 0 Å². The normalized spacial score (nSPS) is 10.3. The van der Waals surface area contributed by atoms with E-state index < -0.39 is 18.5 Å². The van der Waals surface area contributed by atoms with Gasteiger partial charge in [0.25, 0.3) is 5.91 Å². The average molecular weight is 414 g/mol. The molecule has 8 nitrogen and oxygen atoms in total. The predicted octanol–water partition coefficient (Wildman–Crippen LogP) is 2.77. The van der Waals surface area contributed by atoms with Gasteiger partial charge >= 0.3 is 5.97 Å². The van der Waals surface area contributed by atoms with E-state index in [4.69, 9.17) is 14.2 Å². The number of esters is 1. The van der Waals surface area contributed by atoms with Crippen LogP contribution in [0.2, 0.25) is 0 Å². The lowest BCUT2D eigenvalue weighted by molar-refractivity contribution is -0.124.